The molecule has 1 aromatic rings. The smallest absolute Gasteiger partial charge is 0.409 e. The van der Waals surface area contributed by atoms with Crippen LogP contribution in [0.5, 0.6) is 0 Å². The van der Waals surface area contributed by atoms with Crippen molar-refractivity contribution in [3.8, 4) is 0 Å². The average Bonchev–Trinajstić information content (AvgIpc) is 2.62. The van der Waals surface area contributed by atoms with Crippen LogP contribution >= 0.6 is 0 Å². The zero-order valence-electron chi connectivity index (χ0n) is 14.2. The first-order valence-electron chi connectivity index (χ1n) is 8.66. The second-order valence-electron chi connectivity index (χ2n) is 6.30. The number of amides is 2. The molecule has 0 atom stereocenters. The maximum atomic E-state index is 12.5. The summed E-state index contributed by atoms with van der Waals surface area (Å²) in [5.74, 6) is 0.151. The number of carbonyl (C=O) groups is 2. The van der Waals surface area contributed by atoms with Crippen LogP contribution in [-0.4, -0.2) is 72.6 Å². The van der Waals surface area contributed by atoms with E-state index in [-0.39, 0.29) is 12.0 Å². The molecule has 3 rings (SSSR count). The van der Waals surface area contributed by atoms with Crippen LogP contribution < -0.4 is 0 Å². The van der Waals surface area contributed by atoms with Crippen molar-refractivity contribution in [3.63, 3.8) is 0 Å². The molecule has 24 heavy (non-hydrogen) atoms. The molecule has 130 valence electrons. The molecule has 2 aliphatic rings. The molecule has 0 unspecified atom stereocenters. The van der Waals surface area contributed by atoms with Crippen molar-refractivity contribution in [2.24, 2.45) is 0 Å². The normalized spacial score (nSPS) is 18.2. The molecule has 0 aromatic heterocycles. The Morgan fingerprint density at radius 3 is 2.38 bits per heavy atom. The molecular weight excluding hydrogens is 306 g/mol. The second-order valence-corrected chi connectivity index (χ2v) is 6.30. The van der Waals surface area contributed by atoms with Gasteiger partial charge in [-0.1, -0.05) is 24.3 Å². The molecule has 6 heteroatoms. The van der Waals surface area contributed by atoms with Gasteiger partial charge in [0.1, 0.15) is 0 Å². The van der Waals surface area contributed by atoms with Crippen LogP contribution in [0, 0.1) is 0 Å². The number of carbonyl (C=O) groups excluding carboxylic acids is 2. The van der Waals surface area contributed by atoms with Crippen LogP contribution in [0.15, 0.2) is 24.3 Å². The van der Waals surface area contributed by atoms with Crippen LogP contribution in [0.3, 0.4) is 0 Å². The van der Waals surface area contributed by atoms with E-state index in [1.807, 2.05) is 4.90 Å². The van der Waals surface area contributed by atoms with Crippen molar-refractivity contribution < 1.29 is 14.3 Å². The Labute approximate surface area is 143 Å². The molecule has 1 aromatic carbocycles. The molecule has 0 saturated carbocycles. The third kappa shape index (κ3) is 3.87. The van der Waals surface area contributed by atoms with E-state index in [2.05, 4.69) is 29.2 Å². The first kappa shape index (κ1) is 16.8. The van der Waals surface area contributed by atoms with Crippen molar-refractivity contribution in [1.29, 1.82) is 0 Å². The van der Waals surface area contributed by atoms with E-state index < -0.39 is 0 Å². The van der Waals surface area contributed by atoms with Gasteiger partial charge in [-0.2, -0.15) is 0 Å². The second kappa shape index (κ2) is 7.66. The van der Waals surface area contributed by atoms with Gasteiger partial charge in [-0.05, 0) is 24.5 Å². The minimum atomic E-state index is -0.280. The van der Waals surface area contributed by atoms with Crippen LogP contribution in [0.2, 0.25) is 0 Å². The summed E-state index contributed by atoms with van der Waals surface area (Å²) >= 11 is 0. The molecule has 2 amide bonds. The predicted octanol–water partition coefficient (Wildman–Crippen LogP) is 1.35. The molecule has 0 aliphatic carbocycles. The topological polar surface area (TPSA) is 53.1 Å². The van der Waals surface area contributed by atoms with E-state index in [4.69, 9.17) is 4.74 Å². The Bertz CT molecular complexity index is 597. The highest BCUT2D eigenvalue weighted by Crippen LogP contribution is 2.18. The van der Waals surface area contributed by atoms with Crippen molar-refractivity contribution in [2.45, 2.75) is 19.9 Å². The van der Waals surface area contributed by atoms with Gasteiger partial charge >= 0.3 is 6.09 Å². The quantitative estimate of drug-likeness (QED) is 0.839. The Balaban J connectivity index is 1.48. The van der Waals surface area contributed by atoms with E-state index in [0.29, 0.717) is 39.3 Å². The van der Waals surface area contributed by atoms with Gasteiger partial charge in [0.25, 0.3) is 0 Å². The van der Waals surface area contributed by atoms with Gasteiger partial charge in [-0.3, -0.25) is 9.69 Å². The summed E-state index contributed by atoms with van der Waals surface area (Å²) in [4.78, 5) is 30.0. The molecule has 2 heterocycles. The fourth-order valence-electron chi connectivity index (χ4n) is 3.33. The summed E-state index contributed by atoms with van der Waals surface area (Å²) in [6.07, 6.45) is 0.720. The number of rotatable bonds is 3. The highest BCUT2D eigenvalue weighted by atomic mass is 16.6. The van der Waals surface area contributed by atoms with Crippen molar-refractivity contribution >= 4 is 12.0 Å². The number of benzene rings is 1. The third-order valence-electron chi connectivity index (χ3n) is 4.73. The molecular formula is C18H25N3O3. The standard InChI is InChI=1S/C18H25N3O3/c1-2-24-18(23)21-11-9-20(10-12-21)17(22)14-19-8-7-15-5-3-4-6-16(15)13-19/h3-6H,2,7-14H2,1H3. The monoisotopic (exact) mass is 331 g/mol. The maximum absolute atomic E-state index is 12.5. The number of ether oxygens (including phenoxy) is 1. The van der Waals surface area contributed by atoms with Crippen molar-refractivity contribution in [1.82, 2.24) is 14.7 Å². The Morgan fingerprint density at radius 2 is 1.67 bits per heavy atom. The van der Waals surface area contributed by atoms with E-state index in [1.165, 1.54) is 11.1 Å². The summed E-state index contributed by atoms with van der Waals surface area (Å²) in [7, 11) is 0. The molecule has 0 bridgehead atoms. The number of nitrogens with zero attached hydrogens (tertiary/aromatic N) is 3. The van der Waals surface area contributed by atoms with E-state index >= 15 is 0 Å². The third-order valence-corrected chi connectivity index (χ3v) is 4.73. The fourth-order valence-corrected chi connectivity index (χ4v) is 3.33. The van der Waals surface area contributed by atoms with Gasteiger partial charge in [0.05, 0.1) is 13.2 Å². The predicted molar refractivity (Wildman–Crippen MR) is 90.6 cm³/mol. The first-order valence-corrected chi connectivity index (χ1v) is 8.66. The Morgan fingerprint density at radius 1 is 1.00 bits per heavy atom. The summed E-state index contributed by atoms with van der Waals surface area (Å²) in [5.41, 5.74) is 2.72. The van der Waals surface area contributed by atoms with Gasteiger partial charge in [-0.25, -0.2) is 4.79 Å². The number of piperazine rings is 1. The lowest BCUT2D eigenvalue weighted by Gasteiger charge is -2.36. The fraction of sp³-hybridized carbons (Fsp3) is 0.556. The minimum Gasteiger partial charge on any atom is -0.450 e. The molecule has 1 saturated heterocycles. The molecule has 0 N–H and O–H groups in total. The Kier molecular flexibility index (Phi) is 5.35. The van der Waals surface area contributed by atoms with E-state index in [0.717, 1.165) is 19.5 Å². The molecule has 1 fully saturated rings. The lowest BCUT2D eigenvalue weighted by Crippen LogP contribution is -2.53. The molecule has 6 nitrogen and oxygen atoms in total. The largest absolute Gasteiger partial charge is 0.450 e. The minimum absolute atomic E-state index is 0.151. The highest BCUT2D eigenvalue weighted by molar-refractivity contribution is 5.78. The summed E-state index contributed by atoms with van der Waals surface area (Å²) in [6, 6.07) is 8.44. The average molecular weight is 331 g/mol. The van der Waals surface area contributed by atoms with Gasteiger partial charge in [-0.15, -0.1) is 0 Å². The molecule has 2 aliphatic heterocycles. The van der Waals surface area contributed by atoms with Gasteiger partial charge in [0.2, 0.25) is 5.91 Å². The summed E-state index contributed by atoms with van der Waals surface area (Å²) < 4.78 is 5.01. The first-order chi connectivity index (χ1) is 11.7. The van der Waals surface area contributed by atoms with Crippen molar-refractivity contribution in [3.05, 3.63) is 35.4 Å². The van der Waals surface area contributed by atoms with E-state index in [1.54, 1.807) is 11.8 Å². The van der Waals surface area contributed by atoms with Crippen LogP contribution in [0.25, 0.3) is 0 Å². The van der Waals surface area contributed by atoms with Gasteiger partial charge < -0.3 is 14.5 Å². The Hall–Kier alpha value is -2.08. The molecule has 0 radical (unpaired) electrons. The highest BCUT2D eigenvalue weighted by Gasteiger charge is 2.26. The van der Waals surface area contributed by atoms with Crippen LogP contribution in [0.4, 0.5) is 4.79 Å². The number of fused-ring (bicyclic) bond motifs is 1. The van der Waals surface area contributed by atoms with Gasteiger partial charge in [0, 0.05) is 39.3 Å². The van der Waals surface area contributed by atoms with Crippen molar-refractivity contribution in [2.75, 3.05) is 45.9 Å². The van der Waals surface area contributed by atoms with Crippen LogP contribution in [-0.2, 0) is 22.5 Å². The summed E-state index contributed by atoms with van der Waals surface area (Å²) in [5, 5.41) is 0. The number of hydrogen-bond acceptors (Lipinski definition) is 4. The zero-order chi connectivity index (χ0) is 16.9. The number of hydrogen-bond donors (Lipinski definition) is 0. The van der Waals surface area contributed by atoms with Crippen LogP contribution in [0.1, 0.15) is 18.1 Å². The maximum Gasteiger partial charge on any atom is 0.409 e. The summed E-state index contributed by atoms with van der Waals surface area (Å²) in [6.45, 7) is 6.66. The van der Waals surface area contributed by atoms with Gasteiger partial charge in [0.15, 0.2) is 0 Å². The zero-order valence-corrected chi connectivity index (χ0v) is 14.2. The molecule has 0 spiro atoms. The SMILES string of the molecule is CCOC(=O)N1CCN(C(=O)CN2CCc3ccccc3C2)CC1. The lowest BCUT2D eigenvalue weighted by molar-refractivity contribution is -0.134. The lowest BCUT2D eigenvalue weighted by atomic mass is 10.00. The van der Waals surface area contributed by atoms with E-state index in [9.17, 15) is 9.59 Å².